The van der Waals surface area contributed by atoms with Crippen LogP contribution in [0.15, 0.2) is 48.5 Å². The number of halogens is 2. The molecule has 1 aliphatic rings. The molecule has 0 unspecified atom stereocenters. The molecule has 1 aliphatic carbocycles. The number of carbonyl (C=O) groups is 2. The summed E-state index contributed by atoms with van der Waals surface area (Å²) in [4.78, 5) is 24.3. The molecule has 0 aliphatic heterocycles. The van der Waals surface area contributed by atoms with Crippen LogP contribution in [0.1, 0.15) is 24.0 Å². The monoisotopic (exact) mass is 377 g/mol. The van der Waals surface area contributed by atoms with E-state index in [0.717, 1.165) is 24.0 Å². The quantitative estimate of drug-likeness (QED) is 0.777. The largest absolute Gasteiger partial charge is 0.455 e. The van der Waals surface area contributed by atoms with Crippen LogP contribution < -0.4 is 5.32 Å². The third-order valence-electron chi connectivity index (χ3n) is 4.27. The summed E-state index contributed by atoms with van der Waals surface area (Å²) < 4.78 is 5.22. The van der Waals surface area contributed by atoms with Crippen LogP contribution in [0, 0.1) is 0 Å². The fourth-order valence-electron chi connectivity index (χ4n) is 2.63. The van der Waals surface area contributed by atoms with Gasteiger partial charge in [-0.15, -0.1) is 0 Å². The fraction of sp³-hybridized carbons (Fsp3) is 0.263. The van der Waals surface area contributed by atoms with Crippen molar-refractivity contribution in [2.45, 2.75) is 24.8 Å². The molecule has 1 fully saturated rings. The minimum absolute atomic E-state index is 0.290. The van der Waals surface area contributed by atoms with E-state index >= 15 is 0 Å². The lowest BCUT2D eigenvalue weighted by molar-refractivity contribution is -0.151. The summed E-state index contributed by atoms with van der Waals surface area (Å²) in [6, 6.07) is 14.3. The number of hydrogen-bond donors (Lipinski definition) is 1. The highest BCUT2D eigenvalue weighted by molar-refractivity contribution is 6.30. The highest BCUT2D eigenvalue weighted by atomic mass is 35.5. The Hall–Kier alpha value is -2.04. The molecule has 1 amide bonds. The maximum atomic E-state index is 12.4. The maximum Gasteiger partial charge on any atom is 0.317 e. The number of esters is 1. The van der Waals surface area contributed by atoms with Gasteiger partial charge in [0.25, 0.3) is 5.91 Å². The molecule has 0 heterocycles. The molecular formula is C19H17Cl2NO3. The molecule has 0 aromatic heterocycles. The van der Waals surface area contributed by atoms with Crippen LogP contribution in [-0.2, 0) is 26.3 Å². The third kappa shape index (κ3) is 4.33. The number of amides is 1. The molecule has 4 nitrogen and oxygen atoms in total. The number of ether oxygens (including phenoxy) is 1. The van der Waals surface area contributed by atoms with Crippen molar-refractivity contribution in [2.24, 2.45) is 0 Å². The lowest BCUT2D eigenvalue weighted by Gasteiger charge is -2.15. The first-order valence-electron chi connectivity index (χ1n) is 7.94. The molecule has 2 aromatic rings. The minimum atomic E-state index is -0.624. The van der Waals surface area contributed by atoms with Gasteiger partial charge in [-0.05, 0) is 48.2 Å². The first-order valence-corrected chi connectivity index (χ1v) is 8.70. The van der Waals surface area contributed by atoms with Crippen molar-refractivity contribution in [3.8, 4) is 0 Å². The van der Waals surface area contributed by atoms with Gasteiger partial charge in [0.15, 0.2) is 6.61 Å². The highest BCUT2D eigenvalue weighted by Crippen LogP contribution is 2.49. The van der Waals surface area contributed by atoms with Crippen LogP contribution in [0.3, 0.4) is 0 Å². The Morgan fingerprint density at radius 2 is 1.52 bits per heavy atom. The van der Waals surface area contributed by atoms with Crippen LogP contribution >= 0.6 is 23.2 Å². The van der Waals surface area contributed by atoms with Crippen molar-refractivity contribution in [3.63, 3.8) is 0 Å². The summed E-state index contributed by atoms with van der Waals surface area (Å²) in [5.74, 6) is -0.702. The predicted octanol–water partition coefficient (Wildman–Crippen LogP) is 3.88. The van der Waals surface area contributed by atoms with E-state index in [9.17, 15) is 9.59 Å². The van der Waals surface area contributed by atoms with Crippen molar-refractivity contribution in [1.29, 1.82) is 0 Å². The van der Waals surface area contributed by atoms with Gasteiger partial charge in [0, 0.05) is 16.6 Å². The van der Waals surface area contributed by atoms with Gasteiger partial charge in [0.2, 0.25) is 0 Å². The van der Waals surface area contributed by atoms with E-state index in [2.05, 4.69) is 5.32 Å². The lowest BCUT2D eigenvalue weighted by atomic mass is 9.96. The van der Waals surface area contributed by atoms with Crippen LogP contribution in [-0.4, -0.2) is 18.5 Å². The second-order valence-electron chi connectivity index (χ2n) is 6.07. The highest BCUT2D eigenvalue weighted by Gasteiger charge is 2.52. The first-order chi connectivity index (χ1) is 12.0. The Morgan fingerprint density at radius 3 is 2.08 bits per heavy atom. The van der Waals surface area contributed by atoms with E-state index < -0.39 is 5.41 Å². The molecule has 0 atom stereocenters. The SMILES string of the molecule is O=C(COC(=O)C1(c2ccc(Cl)cc2)CC1)NCc1ccc(Cl)cc1. The molecule has 1 saturated carbocycles. The molecule has 25 heavy (non-hydrogen) atoms. The van der Waals surface area contributed by atoms with E-state index in [0.29, 0.717) is 16.6 Å². The third-order valence-corrected chi connectivity index (χ3v) is 4.78. The van der Waals surface area contributed by atoms with Gasteiger partial charge >= 0.3 is 5.97 Å². The van der Waals surface area contributed by atoms with Crippen molar-refractivity contribution in [2.75, 3.05) is 6.61 Å². The Kier molecular flexibility index (Phi) is 5.30. The molecule has 3 rings (SSSR count). The summed E-state index contributed by atoms with van der Waals surface area (Å²) in [5.41, 5.74) is 1.17. The van der Waals surface area contributed by atoms with Crippen LogP contribution in [0.4, 0.5) is 0 Å². The van der Waals surface area contributed by atoms with Crippen molar-refractivity contribution in [1.82, 2.24) is 5.32 Å². The van der Waals surface area contributed by atoms with Crippen molar-refractivity contribution >= 4 is 35.1 Å². The first kappa shape index (κ1) is 17.8. The number of hydrogen-bond acceptors (Lipinski definition) is 3. The molecule has 0 saturated heterocycles. The maximum absolute atomic E-state index is 12.4. The number of rotatable bonds is 6. The lowest BCUT2D eigenvalue weighted by Crippen LogP contribution is -2.31. The molecule has 130 valence electrons. The zero-order chi connectivity index (χ0) is 17.9. The molecule has 6 heteroatoms. The summed E-state index contributed by atoms with van der Waals surface area (Å²) in [6.45, 7) is 0.0671. The average Bonchev–Trinajstić information content (AvgIpc) is 3.41. The predicted molar refractivity (Wildman–Crippen MR) is 96.6 cm³/mol. The standard InChI is InChI=1S/C19H17Cl2NO3/c20-15-5-1-13(2-6-15)11-22-17(23)12-25-18(24)19(9-10-19)14-3-7-16(21)8-4-14/h1-8H,9-12H2,(H,22,23). The molecule has 0 radical (unpaired) electrons. The fourth-order valence-corrected chi connectivity index (χ4v) is 2.88. The molecule has 0 bridgehead atoms. The number of benzene rings is 2. The van der Waals surface area contributed by atoms with Crippen LogP contribution in [0.5, 0.6) is 0 Å². The zero-order valence-electron chi connectivity index (χ0n) is 13.4. The normalized spacial score (nSPS) is 14.6. The Morgan fingerprint density at radius 1 is 0.960 bits per heavy atom. The van der Waals surface area contributed by atoms with Gasteiger partial charge in [-0.25, -0.2) is 0 Å². The summed E-state index contributed by atoms with van der Waals surface area (Å²) in [5, 5.41) is 3.98. The Labute approximate surface area is 156 Å². The van der Waals surface area contributed by atoms with Gasteiger partial charge in [0.05, 0.1) is 5.41 Å². The van der Waals surface area contributed by atoms with Crippen LogP contribution in [0.25, 0.3) is 0 Å². The van der Waals surface area contributed by atoms with Gasteiger partial charge in [-0.2, -0.15) is 0 Å². The summed E-state index contributed by atoms with van der Waals surface area (Å²) >= 11 is 11.7. The topological polar surface area (TPSA) is 55.4 Å². The van der Waals surface area contributed by atoms with Crippen molar-refractivity contribution < 1.29 is 14.3 Å². The molecular weight excluding hydrogens is 361 g/mol. The molecule has 1 N–H and O–H groups in total. The molecule has 2 aromatic carbocycles. The summed E-state index contributed by atoms with van der Waals surface area (Å²) in [6.07, 6.45) is 1.44. The van der Waals surface area contributed by atoms with Gasteiger partial charge in [-0.3, -0.25) is 9.59 Å². The number of carbonyl (C=O) groups excluding carboxylic acids is 2. The number of nitrogens with one attached hydrogen (secondary N) is 1. The zero-order valence-corrected chi connectivity index (χ0v) is 14.9. The van der Waals surface area contributed by atoms with Gasteiger partial charge < -0.3 is 10.1 Å². The van der Waals surface area contributed by atoms with Crippen LogP contribution in [0.2, 0.25) is 10.0 Å². The van der Waals surface area contributed by atoms with E-state index in [1.54, 1.807) is 24.3 Å². The second-order valence-corrected chi connectivity index (χ2v) is 6.94. The molecule has 0 spiro atoms. The summed E-state index contributed by atoms with van der Waals surface area (Å²) in [7, 11) is 0. The average molecular weight is 378 g/mol. The van der Waals surface area contributed by atoms with E-state index in [4.69, 9.17) is 27.9 Å². The van der Waals surface area contributed by atoms with Gasteiger partial charge in [-0.1, -0.05) is 47.5 Å². The van der Waals surface area contributed by atoms with E-state index in [1.165, 1.54) is 0 Å². The minimum Gasteiger partial charge on any atom is -0.455 e. The van der Waals surface area contributed by atoms with Gasteiger partial charge in [0.1, 0.15) is 0 Å². The smallest absolute Gasteiger partial charge is 0.317 e. The Bertz CT molecular complexity index is 768. The second kappa shape index (κ2) is 7.46. The van der Waals surface area contributed by atoms with E-state index in [1.807, 2.05) is 24.3 Å². The van der Waals surface area contributed by atoms with E-state index in [-0.39, 0.29) is 18.5 Å². The van der Waals surface area contributed by atoms with Crippen molar-refractivity contribution in [3.05, 3.63) is 69.7 Å². The Balaban J connectivity index is 1.49.